The van der Waals surface area contributed by atoms with Crippen LogP contribution in [0.4, 0.5) is 0 Å². The molecule has 0 aromatic rings. The van der Waals surface area contributed by atoms with E-state index in [9.17, 15) is 40.9 Å². The second-order valence-corrected chi connectivity index (χ2v) is 9.81. The summed E-state index contributed by atoms with van der Waals surface area (Å²) in [5.74, 6) is -0.382. The molecule has 4 aliphatic rings. The smallest absolute Gasteiger partial charge is 0.187 e. The van der Waals surface area contributed by atoms with Crippen LogP contribution in [0.15, 0.2) is 0 Å². The van der Waals surface area contributed by atoms with Crippen molar-refractivity contribution in [3.63, 3.8) is 0 Å². The van der Waals surface area contributed by atoms with Crippen LogP contribution in [0.25, 0.3) is 0 Å². The van der Waals surface area contributed by atoms with Gasteiger partial charge in [0.25, 0.3) is 0 Å². The Balaban J connectivity index is 1.34. The van der Waals surface area contributed by atoms with Gasteiger partial charge in [-0.05, 0) is 44.4 Å². The van der Waals surface area contributed by atoms with Crippen molar-refractivity contribution in [1.82, 2.24) is 0 Å². The number of hydrogen-bond donors (Lipinski definition) is 8. The standard InChI is InChI=1S/C21H36O11/c22-7-16-17(27)18(28)19(29)21(32-16)31-14-2-1-8(3-12(14)25)20-13(26)6-10-11(24)4-9(23)5-15(10)30-20/h8-29H,1-7H2/t8?,9?,10?,11?,12?,13?,14?,15?,16-,17-,18+,19-,20?,21-/m1/s1. The van der Waals surface area contributed by atoms with Gasteiger partial charge in [-0.25, -0.2) is 0 Å². The first kappa shape index (κ1) is 24.7. The van der Waals surface area contributed by atoms with Crippen LogP contribution in [0.3, 0.4) is 0 Å². The van der Waals surface area contributed by atoms with Crippen LogP contribution in [0.1, 0.15) is 38.5 Å². The monoisotopic (exact) mass is 464 g/mol. The summed E-state index contributed by atoms with van der Waals surface area (Å²) >= 11 is 0. The number of aliphatic hydroxyl groups excluding tert-OH is 8. The molecule has 0 spiro atoms. The molecule has 4 fully saturated rings. The van der Waals surface area contributed by atoms with E-state index < -0.39 is 73.9 Å². The number of ether oxygens (including phenoxy) is 3. The zero-order valence-corrected chi connectivity index (χ0v) is 17.8. The van der Waals surface area contributed by atoms with Gasteiger partial charge in [0.2, 0.25) is 0 Å². The largest absolute Gasteiger partial charge is 0.394 e. The van der Waals surface area contributed by atoms with Crippen LogP contribution in [-0.4, -0.2) is 121 Å². The molecule has 2 saturated heterocycles. The summed E-state index contributed by atoms with van der Waals surface area (Å²) in [6.07, 6.45) is -9.40. The topological polar surface area (TPSA) is 190 Å². The molecule has 0 aromatic carbocycles. The van der Waals surface area contributed by atoms with E-state index in [1.165, 1.54) is 0 Å². The summed E-state index contributed by atoms with van der Waals surface area (Å²) in [5, 5.41) is 80.8. The summed E-state index contributed by atoms with van der Waals surface area (Å²) in [5.41, 5.74) is 0. The third-order valence-corrected chi connectivity index (χ3v) is 7.63. The van der Waals surface area contributed by atoms with E-state index in [2.05, 4.69) is 0 Å². The molecule has 14 atom stereocenters. The Morgan fingerprint density at radius 2 is 1.47 bits per heavy atom. The quantitative estimate of drug-likeness (QED) is 0.211. The van der Waals surface area contributed by atoms with Crippen molar-refractivity contribution in [2.24, 2.45) is 11.8 Å². The van der Waals surface area contributed by atoms with Gasteiger partial charge in [-0.3, -0.25) is 0 Å². The van der Waals surface area contributed by atoms with Gasteiger partial charge in [0.15, 0.2) is 6.29 Å². The van der Waals surface area contributed by atoms with Crippen LogP contribution >= 0.6 is 0 Å². The Bertz CT molecular complexity index is 621. The molecule has 8 N–H and O–H groups in total. The van der Waals surface area contributed by atoms with Gasteiger partial charge in [-0.2, -0.15) is 0 Å². The maximum atomic E-state index is 10.7. The first-order chi connectivity index (χ1) is 15.2. The predicted octanol–water partition coefficient (Wildman–Crippen LogP) is -3.02. The van der Waals surface area contributed by atoms with Crippen molar-refractivity contribution in [3.05, 3.63) is 0 Å². The molecule has 0 amide bonds. The molecular formula is C21H36O11. The van der Waals surface area contributed by atoms with Crippen molar-refractivity contribution in [1.29, 1.82) is 0 Å². The molecule has 2 aliphatic carbocycles. The fraction of sp³-hybridized carbons (Fsp3) is 1.00. The lowest BCUT2D eigenvalue weighted by atomic mass is 9.72. The van der Waals surface area contributed by atoms with E-state index in [0.717, 1.165) is 0 Å². The Labute approximate surface area is 186 Å². The van der Waals surface area contributed by atoms with Gasteiger partial charge in [0, 0.05) is 5.92 Å². The number of aliphatic hydroxyl groups is 8. The number of hydrogen-bond acceptors (Lipinski definition) is 11. The number of rotatable bonds is 4. The van der Waals surface area contributed by atoms with Gasteiger partial charge in [0.05, 0.1) is 49.3 Å². The van der Waals surface area contributed by atoms with Crippen molar-refractivity contribution in [3.8, 4) is 0 Å². The van der Waals surface area contributed by atoms with Crippen LogP contribution in [0.2, 0.25) is 0 Å². The highest BCUT2D eigenvalue weighted by Gasteiger charge is 2.49. The lowest BCUT2D eigenvalue weighted by Crippen LogP contribution is -2.60. The zero-order chi connectivity index (χ0) is 23.2. The molecule has 11 nitrogen and oxygen atoms in total. The van der Waals surface area contributed by atoms with Crippen molar-refractivity contribution < 1.29 is 55.1 Å². The van der Waals surface area contributed by atoms with Crippen LogP contribution in [0, 0.1) is 11.8 Å². The maximum Gasteiger partial charge on any atom is 0.187 e. The fourth-order valence-corrected chi connectivity index (χ4v) is 5.80. The molecule has 0 aromatic heterocycles. The molecular weight excluding hydrogens is 428 g/mol. The third-order valence-electron chi connectivity index (χ3n) is 7.63. The third kappa shape index (κ3) is 4.84. The molecule has 2 saturated carbocycles. The SMILES string of the molecule is OC[C@H]1O[C@@H](OC2CCC(C3OC4CC(O)CC(O)C4CC3O)CC2O)[C@H](O)[C@@H](O)[C@@H]1O. The minimum Gasteiger partial charge on any atom is -0.394 e. The van der Waals surface area contributed by atoms with Gasteiger partial charge in [-0.1, -0.05) is 0 Å². The molecule has 0 radical (unpaired) electrons. The molecule has 11 heteroatoms. The molecule has 2 aliphatic heterocycles. The van der Waals surface area contributed by atoms with Crippen molar-refractivity contribution in [2.75, 3.05) is 6.61 Å². The highest BCUT2D eigenvalue weighted by Crippen LogP contribution is 2.42. The van der Waals surface area contributed by atoms with Crippen molar-refractivity contribution >= 4 is 0 Å². The predicted molar refractivity (Wildman–Crippen MR) is 106 cm³/mol. The summed E-state index contributed by atoms with van der Waals surface area (Å²) in [7, 11) is 0. The van der Waals surface area contributed by atoms with E-state index in [0.29, 0.717) is 25.7 Å². The second kappa shape index (κ2) is 10.0. The van der Waals surface area contributed by atoms with E-state index in [1.54, 1.807) is 0 Å². The second-order valence-electron chi connectivity index (χ2n) is 9.81. The minimum absolute atomic E-state index is 0.160. The van der Waals surface area contributed by atoms with E-state index in [4.69, 9.17) is 14.2 Å². The minimum atomic E-state index is -1.56. The normalized spacial score (nSPS) is 54.8. The van der Waals surface area contributed by atoms with Crippen LogP contribution in [0.5, 0.6) is 0 Å². The average Bonchev–Trinajstić information content (AvgIpc) is 2.75. The highest BCUT2D eigenvalue weighted by molar-refractivity contribution is 4.97. The first-order valence-corrected chi connectivity index (χ1v) is 11.5. The lowest BCUT2D eigenvalue weighted by Gasteiger charge is -2.49. The van der Waals surface area contributed by atoms with Crippen LogP contribution < -0.4 is 0 Å². The Morgan fingerprint density at radius 3 is 2.16 bits per heavy atom. The summed E-state index contributed by atoms with van der Waals surface area (Å²) in [6.45, 7) is -0.567. The Kier molecular flexibility index (Phi) is 7.75. The summed E-state index contributed by atoms with van der Waals surface area (Å²) < 4.78 is 17.2. The Morgan fingerprint density at radius 1 is 0.719 bits per heavy atom. The number of fused-ring (bicyclic) bond motifs is 1. The molecule has 0 bridgehead atoms. The molecule has 9 unspecified atom stereocenters. The highest BCUT2D eigenvalue weighted by atomic mass is 16.7. The van der Waals surface area contributed by atoms with Gasteiger partial charge in [0.1, 0.15) is 24.4 Å². The van der Waals surface area contributed by atoms with Gasteiger partial charge in [-0.15, -0.1) is 0 Å². The summed E-state index contributed by atoms with van der Waals surface area (Å²) in [4.78, 5) is 0. The molecule has 186 valence electrons. The van der Waals surface area contributed by atoms with E-state index in [-0.39, 0.29) is 30.8 Å². The Hall–Kier alpha value is -0.440. The molecule has 2 heterocycles. The lowest BCUT2D eigenvalue weighted by molar-refractivity contribution is -0.320. The summed E-state index contributed by atoms with van der Waals surface area (Å²) in [6, 6.07) is 0. The zero-order valence-electron chi connectivity index (χ0n) is 17.8. The van der Waals surface area contributed by atoms with Crippen molar-refractivity contribution in [2.45, 2.75) is 112 Å². The van der Waals surface area contributed by atoms with Gasteiger partial charge >= 0.3 is 0 Å². The van der Waals surface area contributed by atoms with Gasteiger partial charge < -0.3 is 55.1 Å². The van der Waals surface area contributed by atoms with Crippen LogP contribution in [-0.2, 0) is 14.2 Å². The van der Waals surface area contributed by atoms with E-state index >= 15 is 0 Å². The fourth-order valence-electron chi connectivity index (χ4n) is 5.80. The first-order valence-electron chi connectivity index (χ1n) is 11.5. The maximum absolute atomic E-state index is 10.7. The average molecular weight is 465 g/mol. The van der Waals surface area contributed by atoms with E-state index in [1.807, 2.05) is 0 Å². The molecule has 32 heavy (non-hydrogen) atoms. The molecule has 4 rings (SSSR count).